The number of carbonyl (C=O) groups is 1. The molecule has 1 N–H and O–H groups in total. The van der Waals surface area contributed by atoms with Gasteiger partial charge in [-0.3, -0.25) is 14.6 Å². The van der Waals surface area contributed by atoms with E-state index < -0.39 is 6.10 Å². The van der Waals surface area contributed by atoms with Crippen LogP contribution in [0.15, 0.2) is 34.9 Å². The lowest BCUT2D eigenvalue weighted by atomic mass is 10.2. The van der Waals surface area contributed by atoms with E-state index in [1.165, 1.54) is 6.26 Å². The minimum absolute atomic E-state index is 0.0911. The number of methoxy groups -OCH3 is 2. The Balaban J connectivity index is 1.24. The summed E-state index contributed by atoms with van der Waals surface area (Å²) in [7, 11) is 3.27. The quantitative estimate of drug-likeness (QED) is 0.567. The maximum atomic E-state index is 13.0. The fourth-order valence-corrected chi connectivity index (χ4v) is 4.55. The zero-order valence-corrected chi connectivity index (χ0v) is 20.1. The summed E-state index contributed by atoms with van der Waals surface area (Å²) < 4.78 is 16.1. The number of piperazine rings is 2. The zero-order valence-electron chi connectivity index (χ0n) is 20.1. The number of carbonyl (C=O) groups excluding carboxylic acids is 1. The molecule has 10 nitrogen and oxygen atoms in total. The van der Waals surface area contributed by atoms with E-state index in [2.05, 4.69) is 19.7 Å². The first-order valence-electron chi connectivity index (χ1n) is 11.8. The third kappa shape index (κ3) is 6.06. The Morgan fingerprint density at radius 3 is 2.47 bits per heavy atom. The molecule has 2 aliphatic rings. The summed E-state index contributed by atoms with van der Waals surface area (Å²) >= 11 is 0. The average Bonchev–Trinajstić information content (AvgIpc) is 3.33. The number of hydrogen-bond donors (Lipinski definition) is 1. The molecule has 2 saturated heterocycles. The topological polar surface area (TPSA) is 94.8 Å². The highest BCUT2D eigenvalue weighted by atomic mass is 16.5. The first-order valence-corrected chi connectivity index (χ1v) is 11.8. The summed E-state index contributed by atoms with van der Waals surface area (Å²) in [5.41, 5.74) is 1.41. The molecule has 2 aromatic rings. The number of amides is 1. The highest BCUT2D eigenvalue weighted by Crippen LogP contribution is 2.28. The van der Waals surface area contributed by atoms with Crippen molar-refractivity contribution in [3.63, 3.8) is 0 Å². The van der Waals surface area contributed by atoms with Gasteiger partial charge in [-0.05, 0) is 12.1 Å². The third-order valence-electron chi connectivity index (χ3n) is 6.42. The normalized spacial score (nSPS) is 18.8. The van der Waals surface area contributed by atoms with Crippen molar-refractivity contribution < 1.29 is 23.8 Å². The number of anilines is 1. The number of hydrogen-bond acceptors (Lipinski definition) is 9. The lowest BCUT2D eigenvalue weighted by Gasteiger charge is -2.36. The highest BCUT2D eigenvalue weighted by Gasteiger charge is 2.26. The molecule has 0 bridgehead atoms. The molecule has 1 atom stereocenters. The van der Waals surface area contributed by atoms with E-state index in [1.54, 1.807) is 14.2 Å². The van der Waals surface area contributed by atoms with Crippen LogP contribution in [0.5, 0.6) is 5.75 Å². The fraction of sp³-hybridized carbons (Fsp3) is 0.583. The van der Waals surface area contributed by atoms with Gasteiger partial charge in [-0.25, -0.2) is 4.98 Å². The zero-order chi connectivity index (χ0) is 23.9. The van der Waals surface area contributed by atoms with Gasteiger partial charge in [0.1, 0.15) is 12.0 Å². The molecule has 1 unspecified atom stereocenters. The van der Waals surface area contributed by atoms with Gasteiger partial charge in [0.15, 0.2) is 5.69 Å². The maximum absolute atomic E-state index is 13.0. The Morgan fingerprint density at radius 1 is 1.06 bits per heavy atom. The number of aliphatic hydroxyl groups excluding tert-OH is 1. The van der Waals surface area contributed by atoms with Crippen LogP contribution >= 0.6 is 0 Å². The van der Waals surface area contributed by atoms with Gasteiger partial charge in [-0.2, -0.15) is 0 Å². The Hall–Kier alpha value is -2.66. The van der Waals surface area contributed by atoms with Crippen LogP contribution in [0.25, 0.3) is 0 Å². The molecule has 1 aromatic heterocycles. The number of nitrogens with zero attached hydrogens (tertiary/aromatic N) is 5. The van der Waals surface area contributed by atoms with Crippen LogP contribution < -0.4 is 9.64 Å². The van der Waals surface area contributed by atoms with Gasteiger partial charge in [-0.1, -0.05) is 12.1 Å². The van der Waals surface area contributed by atoms with E-state index in [4.69, 9.17) is 13.9 Å². The van der Waals surface area contributed by atoms with Crippen LogP contribution in [0.3, 0.4) is 0 Å². The second kappa shape index (κ2) is 11.7. The average molecular weight is 474 g/mol. The van der Waals surface area contributed by atoms with Gasteiger partial charge in [0.2, 0.25) is 5.89 Å². The number of ether oxygens (including phenoxy) is 2. The number of aromatic nitrogens is 1. The molecule has 0 saturated carbocycles. The predicted octanol–water partition coefficient (Wildman–Crippen LogP) is 0.771. The predicted molar refractivity (Wildman–Crippen MR) is 127 cm³/mol. The molecule has 10 heteroatoms. The molecule has 2 fully saturated rings. The van der Waals surface area contributed by atoms with Crippen molar-refractivity contribution in [1.82, 2.24) is 19.7 Å². The molecular formula is C24H35N5O5. The molecule has 2 aliphatic heterocycles. The number of benzene rings is 1. The molecule has 186 valence electrons. The number of rotatable bonds is 9. The largest absolute Gasteiger partial charge is 0.495 e. The molecule has 34 heavy (non-hydrogen) atoms. The van der Waals surface area contributed by atoms with Gasteiger partial charge < -0.3 is 28.8 Å². The number of oxazole rings is 1. The van der Waals surface area contributed by atoms with Crippen LogP contribution in [-0.2, 0) is 11.3 Å². The minimum atomic E-state index is -0.464. The molecule has 1 amide bonds. The molecule has 4 rings (SSSR count). The van der Waals surface area contributed by atoms with Crippen molar-refractivity contribution in [3.05, 3.63) is 42.1 Å². The van der Waals surface area contributed by atoms with Crippen molar-refractivity contribution in [1.29, 1.82) is 0 Å². The lowest BCUT2D eigenvalue weighted by molar-refractivity contribution is 0.0221. The Labute approximate surface area is 200 Å². The van der Waals surface area contributed by atoms with E-state index >= 15 is 0 Å². The number of β-amino-alcohol motifs (C(OH)–C–C–N with tert-alkyl or cyclic N) is 1. The van der Waals surface area contributed by atoms with Crippen molar-refractivity contribution in [2.75, 3.05) is 84.6 Å². The highest BCUT2D eigenvalue weighted by molar-refractivity contribution is 5.92. The first-order chi connectivity index (χ1) is 16.6. The number of para-hydroxylation sites is 2. The number of aliphatic hydroxyl groups is 1. The van der Waals surface area contributed by atoms with E-state index in [9.17, 15) is 9.90 Å². The molecule has 3 heterocycles. The lowest BCUT2D eigenvalue weighted by Crippen LogP contribution is -2.49. The van der Waals surface area contributed by atoms with Gasteiger partial charge >= 0.3 is 0 Å². The summed E-state index contributed by atoms with van der Waals surface area (Å²) in [6, 6.07) is 7.95. The summed E-state index contributed by atoms with van der Waals surface area (Å²) in [5, 5.41) is 9.91. The van der Waals surface area contributed by atoms with Crippen molar-refractivity contribution in [2.24, 2.45) is 0 Å². The van der Waals surface area contributed by atoms with Gasteiger partial charge in [-0.15, -0.1) is 0 Å². The van der Waals surface area contributed by atoms with Crippen LogP contribution in [-0.4, -0.2) is 117 Å². The Morgan fingerprint density at radius 2 is 1.76 bits per heavy atom. The first kappa shape index (κ1) is 24.5. The molecule has 1 aromatic carbocycles. The van der Waals surface area contributed by atoms with Crippen molar-refractivity contribution >= 4 is 11.6 Å². The SMILES string of the molecule is COCC(O)CN1CCN(Cc2nc(C(=O)N3CCN(c4ccccc4OC)CC3)co2)CC1. The molecule has 0 aliphatic carbocycles. The van der Waals surface area contributed by atoms with Gasteiger partial charge in [0, 0.05) is 66.0 Å². The van der Waals surface area contributed by atoms with E-state index in [1.807, 2.05) is 29.2 Å². The Bertz CT molecular complexity index is 922. The van der Waals surface area contributed by atoms with Gasteiger partial charge in [0.05, 0.1) is 32.1 Å². The summed E-state index contributed by atoms with van der Waals surface area (Å²) in [6.07, 6.45) is 1.01. The molecule has 0 radical (unpaired) electrons. The third-order valence-corrected chi connectivity index (χ3v) is 6.42. The van der Waals surface area contributed by atoms with E-state index in [-0.39, 0.29) is 5.91 Å². The van der Waals surface area contributed by atoms with Crippen LogP contribution in [0, 0.1) is 0 Å². The summed E-state index contributed by atoms with van der Waals surface area (Å²) in [4.78, 5) is 26.0. The Kier molecular flexibility index (Phi) is 8.39. The maximum Gasteiger partial charge on any atom is 0.275 e. The molecular weight excluding hydrogens is 438 g/mol. The van der Waals surface area contributed by atoms with Crippen LogP contribution in [0.1, 0.15) is 16.4 Å². The minimum Gasteiger partial charge on any atom is -0.495 e. The van der Waals surface area contributed by atoms with Crippen molar-refractivity contribution in [2.45, 2.75) is 12.6 Å². The summed E-state index contributed by atoms with van der Waals surface area (Å²) in [5.74, 6) is 1.31. The van der Waals surface area contributed by atoms with Crippen LogP contribution in [0.2, 0.25) is 0 Å². The van der Waals surface area contributed by atoms with Crippen molar-refractivity contribution in [3.8, 4) is 5.75 Å². The smallest absolute Gasteiger partial charge is 0.275 e. The van der Waals surface area contributed by atoms with E-state index in [0.717, 1.165) is 50.7 Å². The molecule has 0 spiro atoms. The second-order valence-corrected chi connectivity index (χ2v) is 8.76. The fourth-order valence-electron chi connectivity index (χ4n) is 4.55. The monoisotopic (exact) mass is 473 g/mol. The second-order valence-electron chi connectivity index (χ2n) is 8.76. The van der Waals surface area contributed by atoms with E-state index in [0.29, 0.717) is 44.4 Å². The summed E-state index contributed by atoms with van der Waals surface area (Å²) in [6.45, 7) is 7.70. The van der Waals surface area contributed by atoms with Crippen LogP contribution in [0.4, 0.5) is 5.69 Å². The standard InChI is InChI=1S/C24H35N5O5/c1-32-17-19(30)15-26-7-9-27(10-8-26)16-23-25-20(18-34-23)24(31)29-13-11-28(12-14-29)21-5-3-4-6-22(21)33-2/h3-6,18-19,30H,7-17H2,1-2H3. The van der Waals surface area contributed by atoms with Gasteiger partial charge in [0.25, 0.3) is 5.91 Å².